The molecule has 2 heterocycles. The summed E-state index contributed by atoms with van der Waals surface area (Å²) in [7, 11) is 0. The van der Waals surface area contributed by atoms with Crippen LogP contribution in [-0.4, -0.2) is 41.1 Å². The summed E-state index contributed by atoms with van der Waals surface area (Å²) in [6.45, 7) is 2.84. The van der Waals surface area contributed by atoms with Crippen LogP contribution in [0.1, 0.15) is 23.0 Å². The fourth-order valence-corrected chi connectivity index (χ4v) is 3.06. The van der Waals surface area contributed by atoms with E-state index in [9.17, 15) is 9.59 Å². The Kier molecular flexibility index (Phi) is 3.72. The largest absolute Gasteiger partial charge is 0.477 e. The Bertz CT molecular complexity index is 491. The Labute approximate surface area is 113 Å². The summed E-state index contributed by atoms with van der Waals surface area (Å²) in [5.41, 5.74) is 0. The van der Waals surface area contributed by atoms with Gasteiger partial charge in [-0.25, -0.2) is 9.78 Å². The number of carboxylic acids is 1. The van der Waals surface area contributed by atoms with E-state index in [-0.39, 0.29) is 22.0 Å². The second-order valence-electron chi connectivity index (χ2n) is 4.05. The highest BCUT2D eigenvalue weighted by Gasteiger charge is 2.27. The fraction of sp³-hybridized carbons (Fsp3) is 0.500. The van der Waals surface area contributed by atoms with Gasteiger partial charge in [0, 0.05) is 26.1 Å². The van der Waals surface area contributed by atoms with Crippen LogP contribution in [0.25, 0.3) is 0 Å². The SMILES string of the molecule is CC(=O)NC1CCN(c2nc(Cl)c(C(=O)O)s2)C1. The maximum atomic E-state index is 10.9. The molecule has 0 bridgehead atoms. The van der Waals surface area contributed by atoms with E-state index in [1.807, 2.05) is 4.90 Å². The zero-order valence-corrected chi connectivity index (χ0v) is 11.2. The number of carbonyl (C=O) groups excluding carboxylic acids is 1. The van der Waals surface area contributed by atoms with Crippen molar-refractivity contribution in [3.8, 4) is 0 Å². The van der Waals surface area contributed by atoms with E-state index in [0.717, 1.165) is 24.3 Å². The highest BCUT2D eigenvalue weighted by atomic mass is 35.5. The molecule has 0 aliphatic carbocycles. The zero-order valence-electron chi connectivity index (χ0n) is 9.64. The first-order chi connectivity index (χ1) is 8.47. The number of anilines is 1. The zero-order chi connectivity index (χ0) is 13.3. The third kappa shape index (κ3) is 2.73. The quantitative estimate of drug-likeness (QED) is 0.874. The minimum absolute atomic E-state index is 0.0190. The summed E-state index contributed by atoms with van der Waals surface area (Å²) in [6.07, 6.45) is 0.819. The molecule has 6 nitrogen and oxygen atoms in total. The molecule has 0 aromatic carbocycles. The van der Waals surface area contributed by atoms with E-state index in [1.165, 1.54) is 6.92 Å². The minimum Gasteiger partial charge on any atom is -0.477 e. The van der Waals surface area contributed by atoms with Crippen LogP contribution in [0.4, 0.5) is 5.13 Å². The third-order valence-electron chi connectivity index (χ3n) is 2.63. The number of carbonyl (C=O) groups is 2. The molecule has 1 aromatic heterocycles. The Morgan fingerprint density at radius 2 is 2.33 bits per heavy atom. The van der Waals surface area contributed by atoms with Gasteiger partial charge in [-0.3, -0.25) is 4.79 Å². The van der Waals surface area contributed by atoms with Gasteiger partial charge in [-0.2, -0.15) is 0 Å². The van der Waals surface area contributed by atoms with Gasteiger partial charge in [0.05, 0.1) is 0 Å². The van der Waals surface area contributed by atoms with Crippen LogP contribution in [-0.2, 0) is 4.79 Å². The summed E-state index contributed by atoms with van der Waals surface area (Å²) in [5, 5.41) is 12.3. The topological polar surface area (TPSA) is 82.5 Å². The Hall–Kier alpha value is -1.34. The van der Waals surface area contributed by atoms with Crippen molar-refractivity contribution in [1.82, 2.24) is 10.3 Å². The molecule has 1 fully saturated rings. The van der Waals surface area contributed by atoms with E-state index >= 15 is 0 Å². The van der Waals surface area contributed by atoms with Crippen molar-refractivity contribution in [2.24, 2.45) is 0 Å². The molecule has 0 spiro atoms. The molecule has 98 valence electrons. The molecule has 8 heteroatoms. The molecule has 0 radical (unpaired) electrons. The van der Waals surface area contributed by atoms with Crippen LogP contribution < -0.4 is 10.2 Å². The lowest BCUT2D eigenvalue weighted by molar-refractivity contribution is -0.119. The van der Waals surface area contributed by atoms with Gasteiger partial charge in [0.15, 0.2) is 15.2 Å². The highest BCUT2D eigenvalue weighted by molar-refractivity contribution is 7.18. The number of hydrogen-bond donors (Lipinski definition) is 2. The third-order valence-corrected chi connectivity index (χ3v) is 4.12. The molecular weight excluding hydrogens is 278 g/mol. The standard InChI is InChI=1S/C10H12ClN3O3S/c1-5(15)12-6-2-3-14(4-6)10-13-8(11)7(18-10)9(16)17/h6H,2-4H2,1H3,(H,12,15)(H,16,17). The molecular formula is C10H12ClN3O3S. The van der Waals surface area contributed by atoms with Gasteiger partial charge in [0.1, 0.15) is 0 Å². The Morgan fingerprint density at radius 3 is 2.89 bits per heavy atom. The maximum absolute atomic E-state index is 10.9. The van der Waals surface area contributed by atoms with Crippen molar-refractivity contribution in [3.63, 3.8) is 0 Å². The summed E-state index contributed by atoms with van der Waals surface area (Å²) in [6, 6.07) is 0.0819. The molecule has 1 aromatic rings. The summed E-state index contributed by atoms with van der Waals surface area (Å²) < 4.78 is 0. The van der Waals surface area contributed by atoms with Crippen molar-refractivity contribution in [1.29, 1.82) is 0 Å². The van der Waals surface area contributed by atoms with E-state index in [1.54, 1.807) is 0 Å². The highest BCUT2D eigenvalue weighted by Crippen LogP contribution is 2.31. The van der Waals surface area contributed by atoms with E-state index < -0.39 is 5.97 Å². The summed E-state index contributed by atoms with van der Waals surface area (Å²) >= 11 is 6.82. The van der Waals surface area contributed by atoms with Gasteiger partial charge in [0.25, 0.3) is 0 Å². The predicted octanol–water partition coefficient (Wildman–Crippen LogP) is 1.21. The number of nitrogens with one attached hydrogen (secondary N) is 1. The molecule has 0 saturated carbocycles. The van der Waals surface area contributed by atoms with Crippen LogP contribution in [0, 0.1) is 0 Å². The lowest BCUT2D eigenvalue weighted by Crippen LogP contribution is -2.35. The molecule has 1 aliphatic heterocycles. The van der Waals surface area contributed by atoms with Crippen molar-refractivity contribution in [2.45, 2.75) is 19.4 Å². The molecule has 2 rings (SSSR count). The van der Waals surface area contributed by atoms with Crippen molar-refractivity contribution in [2.75, 3.05) is 18.0 Å². The van der Waals surface area contributed by atoms with Crippen molar-refractivity contribution in [3.05, 3.63) is 10.0 Å². The number of halogens is 1. The molecule has 2 N–H and O–H groups in total. The van der Waals surface area contributed by atoms with E-state index in [0.29, 0.717) is 11.7 Å². The second kappa shape index (κ2) is 5.11. The lowest BCUT2D eigenvalue weighted by Gasteiger charge is -2.14. The van der Waals surface area contributed by atoms with Crippen molar-refractivity contribution < 1.29 is 14.7 Å². The average Bonchev–Trinajstić information content (AvgIpc) is 2.83. The van der Waals surface area contributed by atoms with Gasteiger partial charge in [0.2, 0.25) is 5.91 Å². The molecule has 1 atom stereocenters. The van der Waals surface area contributed by atoms with Crippen LogP contribution in [0.2, 0.25) is 5.15 Å². The molecule has 1 saturated heterocycles. The molecule has 1 amide bonds. The fourth-order valence-electron chi connectivity index (χ4n) is 1.90. The second-order valence-corrected chi connectivity index (χ2v) is 5.39. The summed E-state index contributed by atoms with van der Waals surface area (Å²) in [4.78, 5) is 27.8. The smallest absolute Gasteiger partial charge is 0.349 e. The number of hydrogen-bond acceptors (Lipinski definition) is 5. The van der Waals surface area contributed by atoms with Crippen molar-refractivity contribution >= 4 is 39.9 Å². The number of aromatic nitrogens is 1. The molecule has 1 aliphatic rings. The van der Waals surface area contributed by atoms with E-state index in [2.05, 4.69) is 10.3 Å². The first-order valence-corrected chi connectivity index (χ1v) is 6.58. The monoisotopic (exact) mass is 289 g/mol. The first kappa shape index (κ1) is 13.1. The number of rotatable bonds is 3. The van der Waals surface area contributed by atoms with Gasteiger partial charge in [-0.15, -0.1) is 0 Å². The number of amides is 1. The van der Waals surface area contributed by atoms with Gasteiger partial charge >= 0.3 is 5.97 Å². The molecule has 1 unspecified atom stereocenters. The average molecular weight is 290 g/mol. The van der Waals surface area contributed by atoms with Gasteiger partial charge in [-0.05, 0) is 6.42 Å². The number of carboxylic acid groups (broad SMARTS) is 1. The number of aromatic carboxylic acids is 1. The normalized spacial score (nSPS) is 19.0. The van der Waals surface area contributed by atoms with E-state index in [4.69, 9.17) is 16.7 Å². The Morgan fingerprint density at radius 1 is 1.61 bits per heavy atom. The number of thiazole rings is 1. The maximum Gasteiger partial charge on any atom is 0.349 e. The van der Waals surface area contributed by atoms with Crippen LogP contribution >= 0.6 is 22.9 Å². The molecule has 18 heavy (non-hydrogen) atoms. The first-order valence-electron chi connectivity index (χ1n) is 5.39. The Balaban J connectivity index is 2.07. The minimum atomic E-state index is -1.07. The van der Waals surface area contributed by atoms with Crippen LogP contribution in [0.5, 0.6) is 0 Å². The van der Waals surface area contributed by atoms with Crippen LogP contribution in [0.3, 0.4) is 0 Å². The summed E-state index contributed by atoms with van der Waals surface area (Å²) in [5.74, 6) is -1.13. The van der Waals surface area contributed by atoms with Gasteiger partial charge < -0.3 is 15.3 Å². The lowest BCUT2D eigenvalue weighted by atomic mass is 10.3. The van der Waals surface area contributed by atoms with Gasteiger partial charge in [-0.1, -0.05) is 22.9 Å². The predicted molar refractivity (Wildman–Crippen MR) is 68.5 cm³/mol. The number of nitrogens with zero attached hydrogens (tertiary/aromatic N) is 2. The van der Waals surface area contributed by atoms with Crippen LogP contribution in [0.15, 0.2) is 0 Å².